The SMILES string of the molecule is O=C(Nc1ccc(N2CCOCC2)nc1)C1CCOCC1. The summed E-state index contributed by atoms with van der Waals surface area (Å²) < 4.78 is 10.6. The molecule has 1 N–H and O–H groups in total. The molecule has 1 amide bonds. The Morgan fingerprint density at radius 3 is 2.52 bits per heavy atom. The van der Waals surface area contributed by atoms with E-state index in [9.17, 15) is 4.79 Å². The van der Waals surface area contributed by atoms with E-state index in [1.165, 1.54) is 0 Å². The second kappa shape index (κ2) is 6.87. The van der Waals surface area contributed by atoms with Crippen LogP contribution in [0.2, 0.25) is 0 Å². The van der Waals surface area contributed by atoms with Crippen LogP contribution in [0.1, 0.15) is 12.8 Å². The number of carbonyl (C=O) groups excluding carboxylic acids is 1. The maximum Gasteiger partial charge on any atom is 0.227 e. The number of hydrogen-bond donors (Lipinski definition) is 1. The molecule has 2 aliphatic heterocycles. The Balaban J connectivity index is 1.57. The van der Waals surface area contributed by atoms with E-state index in [-0.39, 0.29) is 11.8 Å². The summed E-state index contributed by atoms with van der Waals surface area (Å²) in [6.07, 6.45) is 3.32. The normalized spacial score (nSPS) is 20.3. The molecule has 0 unspecified atom stereocenters. The zero-order valence-electron chi connectivity index (χ0n) is 12.1. The van der Waals surface area contributed by atoms with E-state index >= 15 is 0 Å². The van der Waals surface area contributed by atoms with Gasteiger partial charge in [-0.25, -0.2) is 4.98 Å². The van der Waals surface area contributed by atoms with Crippen molar-refractivity contribution in [1.29, 1.82) is 0 Å². The second-order valence-corrected chi connectivity index (χ2v) is 5.38. The molecule has 0 bridgehead atoms. The average molecular weight is 291 g/mol. The highest BCUT2D eigenvalue weighted by molar-refractivity contribution is 5.92. The average Bonchev–Trinajstić information content (AvgIpc) is 2.57. The zero-order chi connectivity index (χ0) is 14.5. The predicted octanol–water partition coefficient (Wildman–Crippen LogP) is 1.28. The number of aromatic nitrogens is 1. The smallest absolute Gasteiger partial charge is 0.227 e. The summed E-state index contributed by atoms with van der Waals surface area (Å²) in [5.41, 5.74) is 0.753. The lowest BCUT2D eigenvalue weighted by atomic mass is 9.99. The van der Waals surface area contributed by atoms with E-state index in [2.05, 4.69) is 15.2 Å². The summed E-state index contributed by atoms with van der Waals surface area (Å²) in [5, 5.41) is 2.94. The molecular weight excluding hydrogens is 270 g/mol. The fourth-order valence-corrected chi connectivity index (χ4v) is 2.64. The number of pyridine rings is 1. The van der Waals surface area contributed by atoms with E-state index in [0.717, 1.165) is 50.7 Å². The van der Waals surface area contributed by atoms with Crippen molar-refractivity contribution in [2.24, 2.45) is 5.92 Å². The van der Waals surface area contributed by atoms with Crippen molar-refractivity contribution in [3.8, 4) is 0 Å². The van der Waals surface area contributed by atoms with Crippen molar-refractivity contribution >= 4 is 17.4 Å². The number of carbonyl (C=O) groups is 1. The van der Waals surface area contributed by atoms with Crippen LogP contribution in [0.3, 0.4) is 0 Å². The van der Waals surface area contributed by atoms with Crippen LogP contribution in [0, 0.1) is 5.92 Å². The van der Waals surface area contributed by atoms with Gasteiger partial charge in [-0.15, -0.1) is 0 Å². The molecule has 0 radical (unpaired) electrons. The second-order valence-electron chi connectivity index (χ2n) is 5.38. The van der Waals surface area contributed by atoms with E-state index in [4.69, 9.17) is 9.47 Å². The van der Waals surface area contributed by atoms with Gasteiger partial charge in [-0.3, -0.25) is 4.79 Å². The number of nitrogens with one attached hydrogen (secondary N) is 1. The molecule has 2 saturated heterocycles. The maximum atomic E-state index is 12.1. The molecule has 2 aliphatic rings. The molecule has 3 rings (SSSR count). The van der Waals surface area contributed by atoms with Gasteiger partial charge in [0.1, 0.15) is 5.82 Å². The van der Waals surface area contributed by atoms with Crippen LogP contribution in [0.15, 0.2) is 18.3 Å². The lowest BCUT2D eigenvalue weighted by Gasteiger charge is -2.27. The summed E-state index contributed by atoms with van der Waals surface area (Å²) in [6, 6.07) is 3.86. The van der Waals surface area contributed by atoms with Crippen molar-refractivity contribution < 1.29 is 14.3 Å². The number of ether oxygens (including phenoxy) is 2. The number of rotatable bonds is 3. The number of amides is 1. The van der Waals surface area contributed by atoms with Crippen LogP contribution in [0.5, 0.6) is 0 Å². The number of morpholine rings is 1. The molecule has 6 heteroatoms. The Bertz CT molecular complexity index is 466. The minimum Gasteiger partial charge on any atom is -0.381 e. The van der Waals surface area contributed by atoms with Crippen LogP contribution in [-0.4, -0.2) is 50.4 Å². The first-order valence-corrected chi connectivity index (χ1v) is 7.50. The van der Waals surface area contributed by atoms with Crippen LogP contribution >= 0.6 is 0 Å². The molecule has 0 aromatic carbocycles. The van der Waals surface area contributed by atoms with Crippen LogP contribution in [0.4, 0.5) is 11.5 Å². The first kappa shape index (κ1) is 14.3. The van der Waals surface area contributed by atoms with Crippen LogP contribution < -0.4 is 10.2 Å². The van der Waals surface area contributed by atoms with Gasteiger partial charge in [-0.1, -0.05) is 0 Å². The third kappa shape index (κ3) is 3.71. The van der Waals surface area contributed by atoms with Gasteiger partial charge in [-0.05, 0) is 25.0 Å². The number of anilines is 2. The van der Waals surface area contributed by atoms with Crippen molar-refractivity contribution in [3.05, 3.63) is 18.3 Å². The predicted molar refractivity (Wildman–Crippen MR) is 79.4 cm³/mol. The molecule has 1 aromatic heterocycles. The van der Waals surface area contributed by atoms with Gasteiger partial charge in [0, 0.05) is 32.2 Å². The molecule has 0 spiro atoms. The molecule has 0 atom stereocenters. The monoisotopic (exact) mass is 291 g/mol. The van der Waals surface area contributed by atoms with Crippen molar-refractivity contribution in [1.82, 2.24) is 4.98 Å². The molecule has 114 valence electrons. The zero-order valence-corrected chi connectivity index (χ0v) is 12.1. The largest absolute Gasteiger partial charge is 0.381 e. The molecule has 1 aromatic rings. The highest BCUT2D eigenvalue weighted by atomic mass is 16.5. The molecule has 3 heterocycles. The number of hydrogen-bond acceptors (Lipinski definition) is 5. The summed E-state index contributed by atoms with van der Waals surface area (Å²) in [7, 11) is 0. The van der Waals surface area contributed by atoms with Gasteiger partial charge in [0.15, 0.2) is 0 Å². The molecule has 6 nitrogen and oxygen atoms in total. The Morgan fingerprint density at radius 1 is 1.14 bits per heavy atom. The quantitative estimate of drug-likeness (QED) is 0.909. The van der Waals surface area contributed by atoms with Crippen molar-refractivity contribution in [3.63, 3.8) is 0 Å². The maximum absolute atomic E-state index is 12.1. The minimum absolute atomic E-state index is 0.0534. The first-order chi connectivity index (χ1) is 10.3. The van der Waals surface area contributed by atoms with E-state index in [0.29, 0.717) is 13.2 Å². The molecule has 0 saturated carbocycles. The highest BCUT2D eigenvalue weighted by Gasteiger charge is 2.21. The summed E-state index contributed by atoms with van der Waals surface area (Å²) in [4.78, 5) is 18.8. The summed E-state index contributed by atoms with van der Waals surface area (Å²) in [5.74, 6) is 1.05. The van der Waals surface area contributed by atoms with E-state index < -0.39 is 0 Å². The lowest BCUT2D eigenvalue weighted by molar-refractivity contribution is -0.122. The highest BCUT2D eigenvalue weighted by Crippen LogP contribution is 2.19. The van der Waals surface area contributed by atoms with E-state index in [1.807, 2.05) is 12.1 Å². The molecular formula is C15H21N3O3. The fourth-order valence-electron chi connectivity index (χ4n) is 2.64. The van der Waals surface area contributed by atoms with Gasteiger partial charge in [0.05, 0.1) is 25.1 Å². The molecule has 2 fully saturated rings. The number of nitrogens with zero attached hydrogens (tertiary/aromatic N) is 2. The Hall–Kier alpha value is -1.66. The summed E-state index contributed by atoms with van der Waals surface area (Å²) in [6.45, 7) is 4.55. The van der Waals surface area contributed by atoms with Gasteiger partial charge in [0.2, 0.25) is 5.91 Å². The third-order valence-electron chi connectivity index (χ3n) is 3.94. The topological polar surface area (TPSA) is 63.7 Å². The molecule has 21 heavy (non-hydrogen) atoms. The van der Waals surface area contributed by atoms with Gasteiger partial charge < -0.3 is 19.7 Å². The summed E-state index contributed by atoms with van der Waals surface area (Å²) >= 11 is 0. The standard InChI is InChI=1S/C15H21N3O3/c19-15(12-3-7-20-8-4-12)17-13-1-2-14(16-11-13)18-5-9-21-10-6-18/h1-2,11-12H,3-10H2,(H,17,19). The van der Waals surface area contributed by atoms with Gasteiger partial charge >= 0.3 is 0 Å². The van der Waals surface area contributed by atoms with Gasteiger partial charge in [0.25, 0.3) is 0 Å². The van der Waals surface area contributed by atoms with Crippen molar-refractivity contribution in [2.45, 2.75) is 12.8 Å². The van der Waals surface area contributed by atoms with Crippen LogP contribution in [0.25, 0.3) is 0 Å². The van der Waals surface area contributed by atoms with Gasteiger partial charge in [-0.2, -0.15) is 0 Å². The minimum atomic E-state index is 0.0534. The first-order valence-electron chi connectivity index (χ1n) is 7.50. The Morgan fingerprint density at radius 2 is 1.86 bits per heavy atom. The van der Waals surface area contributed by atoms with E-state index in [1.54, 1.807) is 6.20 Å². The lowest BCUT2D eigenvalue weighted by Crippen LogP contribution is -2.36. The fraction of sp³-hybridized carbons (Fsp3) is 0.600. The van der Waals surface area contributed by atoms with Crippen LogP contribution in [-0.2, 0) is 14.3 Å². The third-order valence-corrected chi connectivity index (χ3v) is 3.94. The Kier molecular flexibility index (Phi) is 4.67. The molecule has 0 aliphatic carbocycles. The van der Waals surface area contributed by atoms with Crippen molar-refractivity contribution in [2.75, 3.05) is 49.7 Å². The Labute approximate surface area is 124 Å².